The minimum atomic E-state index is -0.384. The Kier molecular flexibility index (Phi) is 2.01. The van der Waals surface area contributed by atoms with Gasteiger partial charge in [-0.25, -0.2) is 4.39 Å². The zero-order chi connectivity index (χ0) is 10.1. The van der Waals surface area contributed by atoms with E-state index in [1.54, 1.807) is 24.1 Å². The third kappa shape index (κ3) is 1.18. The molecule has 0 spiro atoms. The van der Waals surface area contributed by atoms with Crippen LogP contribution < -0.4 is 9.64 Å². The van der Waals surface area contributed by atoms with Crippen molar-refractivity contribution in [2.45, 2.75) is 6.04 Å². The van der Waals surface area contributed by atoms with Crippen LogP contribution in [0.1, 0.15) is 0 Å². The van der Waals surface area contributed by atoms with E-state index in [-0.39, 0.29) is 24.2 Å². The van der Waals surface area contributed by atoms with Crippen molar-refractivity contribution in [2.24, 2.45) is 0 Å². The molecule has 0 saturated heterocycles. The van der Waals surface area contributed by atoms with Crippen molar-refractivity contribution in [2.75, 3.05) is 18.6 Å². The molecule has 0 N–H and O–H groups in total. The molecule has 0 aliphatic carbocycles. The van der Waals surface area contributed by atoms with Crippen LogP contribution in [0.25, 0.3) is 0 Å². The maximum absolute atomic E-state index is 13.2. The Morgan fingerprint density at radius 1 is 1.64 bits per heavy atom. The summed E-state index contributed by atoms with van der Waals surface area (Å²) in [5.41, 5.74) is 0.628. The average molecular weight is 192 g/mol. The minimum absolute atomic E-state index is 0.209. The van der Waals surface area contributed by atoms with Crippen LogP contribution in [-0.2, 0) is 0 Å². The van der Waals surface area contributed by atoms with Gasteiger partial charge in [0.25, 0.3) is 0 Å². The predicted octanol–water partition coefficient (Wildman–Crippen LogP) is 1.55. The summed E-state index contributed by atoms with van der Waals surface area (Å²) in [5, 5.41) is 8.79. The molecule has 1 atom stereocenters. The topological polar surface area (TPSA) is 36.3 Å². The van der Waals surface area contributed by atoms with E-state index in [0.29, 0.717) is 5.69 Å². The molecule has 0 bridgehead atoms. The van der Waals surface area contributed by atoms with Crippen molar-refractivity contribution in [1.82, 2.24) is 0 Å². The average Bonchev–Trinajstić information content (AvgIpc) is 2.20. The highest BCUT2D eigenvalue weighted by Gasteiger charge is 2.26. The summed E-state index contributed by atoms with van der Waals surface area (Å²) >= 11 is 0. The number of benzene rings is 1. The first-order valence-corrected chi connectivity index (χ1v) is 4.28. The van der Waals surface area contributed by atoms with Gasteiger partial charge < -0.3 is 9.64 Å². The summed E-state index contributed by atoms with van der Waals surface area (Å²) < 4.78 is 18.4. The first-order valence-electron chi connectivity index (χ1n) is 4.28. The molecule has 1 aromatic carbocycles. The van der Waals surface area contributed by atoms with E-state index < -0.39 is 0 Å². The van der Waals surface area contributed by atoms with Gasteiger partial charge in [-0.2, -0.15) is 5.26 Å². The highest BCUT2D eigenvalue weighted by molar-refractivity contribution is 5.61. The van der Waals surface area contributed by atoms with Crippen LogP contribution in [0.4, 0.5) is 10.1 Å². The number of fused-ring (bicyclic) bond motifs is 1. The summed E-state index contributed by atoms with van der Waals surface area (Å²) in [5.74, 6) is -0.146. The number of para-hydroxylation sites is 1. The molecule has 1 aliphatic heterocycles. The van der Waals surface area contributed by atoms with Crippen LogP contribution >= 0.6 is 0 Å². The van der Waals surface area contributed by atoms with Crippen molar-refractivity contribution in [3.8, 4) is 11.8 Å². The number of rotatable bonds is 0. The Morgan fingerprint density at radius 2 is 2.43 bits per heavy atom. The van der Waals surface area contributed by atoms with Gasteiger partial charge in [0.15, 0.2) is 17.6 Å². The minimum Gasteiger partial charge on any atom is -0.485 e. The SMILES string of the molecule is CN1c2cccc(F)c2OCC1C#N. The number of hydrogen-bond donors (Lipinski definition) is 0. The van der Waals surface area contributed by atoms with E-state index in [0.717, 1.165) is 0 Å². The highest BCUT2D eigenvalue weighted by atomic mass is 19.1. The van der Waals surface area contributed by atoms with Gasteiger partial charge in [-0.1, -0.05) is 6.07 Å². The van der Waals surface area contributed by atoms with Crippen LogP contribution in [0.5, 0.6) is 5.75 Å². The quantitative estimate of drug-likeness (QED) is 0.625. The lowest BCUT2D eigenvalue weighted by Crippen LogP contribution is -2.39. The Labute approximate surface area is 81.3 Å². The molecule has 4 heteroatoms. The third-order valence-corrected chi connectivity index (χ3v) is 2.33. The van der Waals surface area contributed by atoms with Crippen molar-refractivity contribution in [3.05, 3.63) is 24.0 Å². The van der Waals surface area contributed by atoms with Gasteiger partial charge in [-0.15, -0.1) is 0 Å². The molecule has 72 valence electrons. The lowest BCUT2D eigenvalue weighted by molar-refractivity contribution is 0.274. The Balaban J connectivity index is 2.47. The largest absolute Gasteiger partial charge is 0.485 e. The van der Waals surface area contributed by atoms with Crippen LogP contribution in [0.15, 0.2) is 18.2 Å². The summed E-state index contributed by atoms with van der Waals surface area (Å²) in [4.78, 5) is 1.72. The van der Waals surface area contributed by atoms with Crippen LogP contribution in [0.2, 0.25) is 0 Å². The van der Waals surface area contributed by atoms with E-state index in [9.17, 15) is 4.39 Å². The number of nitriles is 1. The summed E-state index contributed by atoms with van der Waals surface area (Å²) in [6, 6.07) is 6.44. The van der Waals surface area contributed by atoms with E-state index in [1.807, 2.05) is 0 Å². The van der Waals surface area contributed by atoms with Gasteiger partial charge in [-0.05, 0) is 12.1 Å². The Bertz CT molecular complexity index is 400. The summed E-state index contributed by atoms with van der Waals surface area (Å²) in [6.45, 7) is 0.209. The summed E-state index contributed by atoms with van der Waals surface area (Å²) in [6.07, 6.45) is 0. The monoisotopic (exact) mass is 192 g/mol. The highest BCUT2D eigenvalue weighted by Crippen LogP contribution is 2.34. The molecule has 0 radical (unpaired) electrons. The van der Waals surface area contributed by atoms with Gasteiger partial charge >= 0.3 is 0 Å². The van der Waals surface area contributed by atoms with Crippen molar-refractivity contribution < 1.29 is 9.13 Å². The lowest BCUT2D eigenvalue weighted by atomic mass is 10.2. The molecule has 1 aliphatic rings. The maximum atomic E-state index is 13.2. The lowest BCUT2D eigenvalue weighted by Gasteiger charge is -2.31. The van der Waals surface area contributed by atoms with E-state index in [2.05, 4.69) is 6.07 Å². The third-order valence-electron chi connectivity index (χ3n) is 2.33. The summed E-state index contributed by atoms with van der Waals surface area (Å²) in [7, 11) is 1.76. The van der Waals surface area contributed by atoms with Gasteiger partial charge in [0.2, 0.25) is 0 Å². The number of ether oxygens (including phenoxy) is 1. The molecule has 14 heavy (non-hydrogen) atoms. The molecule has 0 fully saturated rings. The number of halogens is 1. The van der Waals surface area contributed by atoms with E-state index >= 15 is 0 Å². The smallest absolute Gasteiger partial charge is 0.178 e. The standard InChI is InChI=1S/C10H9FN2O/c1-13-7(5-12)6-14-10-8(11)3-2-4-9(10)13/h2-4,7H,6H2,1H3. The maximum Gasteiger partial charge on any atom is 0.178 e. The van der Waals surface area contributed by atoms with Crippen LogP contribution in [-0.4, -0.2) is 19.7 Å². The van der Waals surface area contributed by atoms with Gasteiger partial charge in [0, 0.05) is 7.05 Å². The second-order valence-electron chi connectivity index (χ2n) is 3.15. The molecule has 1 aromatic rings. The molecular weight excluding hydrogens is 183 g/mol. The fraction of sp³-hybridized carbons (Fsp3) is 0.300. The van der Waals surface area contributed by atoms with Crippen LogP contribution in [0.3, 0.4) is 0 Å². The zero-order valence-corrected chi connectivity index (χ0v) is 7.70. The molecular formula is C10H9FN2O. The number of anilines is 1. The molecule has 0 amide bonds. The van der Waals surface area contributed by atoms with Crippen molar-refractivity contribution in [1.29, 1.82) is 5.26 Å². The number of nitrogens with zero attached hydrogens (tertiary/aromatic N) is 2. The van der Waals surface area contributed by atoms with E-state index in [4.69, 9.17) is 10.00 Å². The van der Waals surface area contributed by atoms with Crippen molar-refractivity contribution >= 4 is 5.69 Å². The molecule has 1 heterocycles. The Morgan fingerprint density at radius 3 is 3.14 bits per heavy atom. The van der Waals surface area contributed by atoms with Gasteiger partial charge in [-0.3, -0.25) is 0 Å². The Hall–Kier alpha value is -1.76. The first-order chi connectivity index (χ1) is 6.74. The molecule has 3 nitrogen and oxygen atoms in total. The number of hydrogen-bond acceptors (Lipinski definition) is 3. The predicted molar refractivity (Wildman–Crippen MR) is 49.7 cm³/mol. The normalized spacial score (nSPS) is 19.5. The first kappa shape index (κ1) is 8.82. The second-order valence-corrected chi connectivity index (χ2v) is 3.15. The zero-order valence-electron chi connectivity index (χ0n) is 7.70. The van der Waals surface area contributed by atoms with Crippen LogP contribution in [0, 0.1) is 17.1 Å². The molecule has 2 rings (SSSR count). The fourth-order valence-corrected chi connectivity index (χ4v) is 1.48. The van der Waals surface area contributed by atoms with Gasteiger partial charge in [0.1, 0.15) is 6.61 Å². The second kappa shape index (κ2) is 3.18. The fourth-order valence-electron chi connectivity index (χ4n) is 1.48. The van der Waals surface area contributed by atoms with E-state index in [1.165, 1.54) is 6.07 Å². The number of likely N-dealkylation sites (N-methyl/N-ethyl adjacent to an activating group) is 1. The molecule has 1 unspecified atom stereocenters. The molecule has 0 saturated carbocycles. The van der Waals surface area contributed by atoms with Crippen molar-refractivity contribution in [3.63, 3.8) is 0 Å². The van der Waals surface area contributed by atoms with Gasteiger partial charge in [0.05, 0.1) is 11.8 Å². The molecule has 0 aromatic heterocycles.